The third-order valence-electron chi connectivity index (χ3n) is 8.68. The molecular formula is C31H38Cl2FN5O3. The van der Waals surface area contributed by atoms with Crippen molar-refractivity contribution in [3.05, 3.63) is 63.4 Å². The summed E-state index contributed by atoms with van der Waals surface area (Å²) in [5.41, 5.74) is -0.0968. The van der Waals surface area contributed by atoms with Crippen LogP contribution in [0.4, 0.5) is 14.9 Å². The first-order chi connectivity index (χ1) is 19.9. The van der Waals surface area contributed by atoms with Gasteiger partial charge in [-0.05, 0) is 60.9 Å². The molecule has 2 aromatic rings. The molecule has 3 aliphatic rings. The van der Waals surface area contributed by atoms with Crippen molar-refractivity contribution < 1.29 is 18.8 Å². The zero-order valence-electron chi connectivity index (χ0n) is 24.3. The summed E-state index contributed by atoms with van der Waals surface area (Å²) in [5, 5.41) is 12.9. The van der Waals surface area contributed by atoms with Gasteiger partial charge in [-0.2, -0.15) is 0 Å². The van der Waals surface area contributed by atoms with Crippen LogP contribution in [0, 0.1) is 11.2 Å². The average Bonchev–Trinajstić information content (AvgIpc) is 3.39. The minimum absolute atomic E-state index is 0.0754. The second-order valence-corrected chi connectivity index (χ2v) is 13.5. The van der Waals surface area contributed by atoms with Gasteiger partial charge in [0.25, 0.3) is 0 Å². The quantitative estimate of drug-likeness (QED) is 0.371. The number of rotatable bonds is 5. The van der Waals surface area contributed by atoms with E-state index in [1.165, 1.54) is 6.07 Å². The van der Waals surface area contributed by atoms with E-state index in [1.807, 2.05) is 6.92 Å². The molecule has 2 aromatic carbocycles. The Morgan fingerprint density at radius 2 is 1.86 bits per heavy atom. The van der Waals surface area contributed by atoms with E-state index in [-0.39, 0.29) is 39.9 Å². The fraction of sp³-hybridized carbons (Fsp3) is 0.516. The fourth-order valence-electron chi connectivity index (χ4n) is 6.93. The van der Waals surface area contributed by atoms with Gasteiger partial charge >= 0.3 is 6.03 Å². The van der Waals surface area contributed by atoms with Gasteiger partial charge in [0.1, 0.15) is 11.2 Å². The third kappa shape index (κ3) is 5.47. The number of urea groups is 1. The van der Waals surface area contributed by atoms with E-state index in [2.05, 4.69) is 42.0 Å². The van der Waals surface area contributed by atoms with Crippen LogP contribution in [-0.4, -0.2) is 60.5 Å². The Hall–Kier alpha value is -2.88. The van der Waals surface area contributed by atoms with Crippen LogP contribution < -0.4 is 21.3 Å². The highest BCUT2D eigenvalue weighted by Crippen LogP contribution is 2.57. The lowest BCUT2D eigenvalue weighted by Gasteiger charge is -2.38. The molecule has 3 aliphatic heterocycles. The van der Waals surface area contributed by atoms with Crippen LogP contribution in [0.5, 0.6) is 0 Å². The number of anilines is 1. The number of fused-ring (bicyclic) bond motifs is 2. The van der Waals surface area contributed by atoms with Crippen molar-refractivity contribution in [3.8, 4) is 0 Å². The Labute approximate surface area is 256 Å². The molecule has 2 saturated heterocycles. The highest BCUT2D eigenvalue weighted by molar-refractivity contribution is 6.31. The van der Waals surface area contributed by atoms with Crippen molar-refractivity contribution in [3.63, 3.8) is 0 Å². The summed E-state index contributed by atoms with van der Waals surface area (Å²) in [6.45, 7) is 9.65. The van der Waals surface area contributed by atoms with E-state index in [9.17, 15) is 14.4 Å². The lowest BCUT2D eigenvalue weighted by atomic mass is 9.62. The van der Waals surface area contributed by atoms with Crippen molar-refractivity contribution in [1.29, 1.82) is 0 Å². The minimum atomic E-state index is -1.30. The van der Waals surface area contributed by atoms with Crippen LogP contribution in [0.2, 0.25) is 10.0 Å². The number of halogens is 3. The van der Waals surface area contributed by atoms with Crippen LogP contribution in [0.25, 0.3) is 0 Å². The Bertz CT molecular complexity index is 1390. The van der Waals surface area contributed by atoms with Gasteiger partial charge in [-0.25, -0.2) is 9.18 Å². The molecule has 226 valence electrons. The molecule has 11 heteroatoms. The average molecular weight is 619 g/mol. The molecule has 5 rings (SSSR count). The molecule has 42 heavy (non-hydrogen) atoms. The van der Waals surface area contributed by atoms with Gasteiger partial charge < -0.3 is 26.2 Å². The standard InChI is InChI=1S/C31H38Cl2FN5O3/c1-5-35-29(42)39-13-11-18(12-14-39)36-27(40)26-24(19-7-6-8-21(33)25(19)34)31(23(38-26)16-30(2,3)4)20-10-9-17(32)15-22(20)37-28(31)41/h6-10,15,18,23-24,26,38H,5,11-14,16H2,1-4H3,(H,35,42)(H,36,40)(H,37,41). The molecular weight excluding hydrogens is 580 g/mol. The summed E-state index contributed by atoms with van der Waals surface area (Å²) < 4.78 is 15.9. The van der Waals surface area contributed by atoms with Crippen LogP contribution in [-0.2, 0) is 15.0 Å². The molecule has 4 amide bonds. The second kappa shape index (κ2) is 11.7. The lowest BCUT2D eigenvalue weighted by molar-refractivity contribution is -0.124. The number of nitrogens with zero attached hydrogens (tertiary/aromatic N) is 1. The van der Waals surface area contributed by atoms with E-state index >= 15 is 4.39 Å². The van der Waals surface area contributed by atoms with E-state index in [1.54, 1.807) is 35.2 Å². The SMILES string of the molecule is CCNC(=O)N1CCC(NC(=O)C2NC(CC(C)(C)C)C3(C(=O)Nc4cc(Cl)ccc43)C2c2cccc(Cl)c2F)CC1. The number of carbonyl (C=O) groups excluding carboxylic acids is 3. The number of nitrogens with one attached hydrogen (secondary N) is 4. The summed E-state index contributed by atoms with van der Waals surface area (Å²) in [6.07, 6.45) is 1.71. The summed E-state index contributed by atoms with van der Waals surface area (Å²) in [4.78, 5) is 42.4. The molecule has 0 aromatic heterocycles. The predicted molar refractivity (Wildman–Crippen MR) is 163 cm³/mol. The number of hydrogen-bond donors (Lipinski definition) is 4. The first kappa shape index (κ1) is 30.6. The Morgan fingerprint density at radius 1 is 1.14 bits per heavy atom. The van der Waals surface area contributed by atoms with E-state index in [0.717, 1.165) is 0 Å². The van der Waals surface area contributed by atoms with Crippen molar-refractivity contribution >= 4 is 46.7 Å². The molecule has 0 aliphatic carbocycles. The lowest BCUT2D eigenvalue weighted by Crippen LogP contribution is -2.53. The number of hydrogen-bond acceptors (Lipinski definition) is 4. The van der Waals surface area contributed by atoms with Gasteiger partial charge in [0, 0.05) is 48.3 Å². The summed E-state index contributed by atoms with van der Waals surface area (Å²) >= 11 is 12.6. The molecule has 0 bridgehead atoms. The summed E-state index contributed by atoms with van der Waals surface area (Å²) in [6, 6.07) is 8.22. The molecule has 4 atom stereocenters. The van der Waals surface area contributed by atoms with Crippen LogP contribution in [0.15, 0.2) is 36.4 Å². The van der Waals surface area contributed by atoms with E-state index in [0.29, 0.717) is 55.2 Å². The zero-order chi connectivity index (χ0) is 30.4. The van der Waals surface area contributed by atoms with E-state index in [4.69, 9.17) is 23.2 Å². The van der Waals surface area contributed by atoms with Crippen LogP contribution in [0.3, 0.4) is 0 Å². The third-order valence-corrected chi connectivity index (χ3v) is 9.20. The Balaban J connectivity index is 1.56. The van der Waals surface area contributed by atoms with Gasteiger partial charge in [-0.3, -0.25) is 9.59 Å². The first-order valence-electron chi connectivity index (χ1n) is 14.5. The van der Waals surface area contributed by atoms with Crippen molar-refractivity contribution in [2.24, 2.45) is 5.41 Å². The van der Waals surface area contributed by atoms with Crippen molar-refractivity contribution in [2.75, 3.05) is 25.0 Å². The number of benzene rings is 2. The molecule has 8 nitrogen and oxygen atoms in total. The largest absolute Gasteiger partial charge is 0.352 e. The molecule has 4 N–H and O–H groups in total. The topological polar surface area (TPSA) is 103 Å². The molecule has 2 fully saturated rings. The number of carbonyl (C=O) groups is 3. The van der Waals surface area contributed by atoms with Crippen LogP contribution >= 0.6 is 23.2 Å². The maximum atomic E-state index is 15.9. The fourth-order valence-corrected chi connectivity index (χ4v) is 7.29. The first-order valence-corrected chi connectivity index (χ1v) is 15.3. The molecule has 4 unspecified atom stereocenters. The number of piperidine rings is 1. The van der Waals surface area contributed by atoms with Gasteiger partial charge in [0.15, 0.2) is 0 Å². The highest BCUT2D eigenvalue weighted by Gasteiger charge is 2.66. The molecule has 0 radical (unpaired) electrons. The summed E-state index contributed by atoms with van der Waals surface area (Å²) in [7, 11) is 0. The van der Waals surface area contributed by atoms with E-state index < -0.39 is 29.2 Å². The van der Waals surface area contributed by atoms with Gasteiger partial charge in [0.05, 0.1) is 11.1 Å². The predicted octanol–water partition coefficient (Wildman–Crippen LogP) is 5.19. The number of likely N-dealkylation sites (tertiary alicyclic amines) is 1. The normalized spacial score (nSPS) is 25.8. The minimum Gasteiger partial charge on any atom is -0.352 e. The molecule has 3 heterocycles. The van der Waals surface area contributed by atoms with Crippen molar-refractivity contribution in [2.45, 2.75) is 76.4 Å². The van der Waals surface area contributed by atoms with Gasteiger partial charge in [0.2, 0.25) is 11.8 Å². The van der Waals surface area contributed by atoms with Crippen LogP contribution in [0.1, 0.15) is 64.0 Å². The van der Waals surface area contributed by atoms with Crippen molar-refractivity contribution in [1.82, 2.24) is 20.9 Å². The molecule has 1 spiro atoms. The maximum absolute atomic E-state index is 15.9. The maximum Gasteiger partial charge on any atom is 0.317 e. The Morgan fingerprint density at radius 3 is 2.52 bits per heavy atom. The monoisotopic (exact) mass is 617 g/mol. The second-order valence-electron chi connectivity index (χ2n) is 12.7. The smallest absolute Gasteiger partial charge is 0.317 e. The summed E-state index contributed by atoms with van der Waals surface area (Å²) in [5.74, 6) is -2.18. The zero-order valence-corrected chi connectivity index (χ0v) is 25.8. The Kier molecular flexibility index (Phi) is 8.49. The van der Waals surface area contributed by atoms with Gasteiger partial charge in [-0.1, -0.05) is 62.2 Å². The highest BCUT2D eigenvalue weighted by atomic mass is 35.5. The van der Waals surface area contributed by atoms with Gasteiger partial charge in [-0.15, -0.1) is 0 Å². The molecule has 0 saturated carbocycles. The number of amides is 4.